The molecule has 1 aromatic carbocycles. The molecule has 0 unspecified atom stereocenters. The van der Waals surface area contributed by atoms with Crippen LogP contribution in [0.25, 0.3) is 0 Å². The molecule has 2 aromatic rings. The molecule has 3 N–H and O–H groups in total. The van der Waals surface area contributed by atoms with Crippen molar-refractivity contribution in [3.8, 4) is 0 Å². The van der Waals surface area contributed by atoms with Gasteiger partial charge in [0.15, 0.2) is 0 Å². The number of hydrogen-bond donors (Lipinski definition) is 2. The van der Waals surface area contributed by atoms with Crippen LogP contribution in [0.15, 0.2) is 35.2 Å². The largest absolute Gasteiger partial charge is 0.308 e. The molecule has 0 saturated heterocycles. The maximum Gasteiger partial charge on any atom is 0.143 e. The number of halogens is 1. The van der Waals surface area contributed by atoms with Crippen molar-refractivity contribution in [3.63, 3.8) is 0 Å². The van der Waals surface area contributed by atoms with E-state index in [4.69, 9.17) is 17.4 Å². The number of hydrogen-bond acceptors (Lipinski definition) is 5. The Morgan fingerprint density at radius 3 is 2.83 bits per heavy atom. The zero-order chi connectivity index (χ0) is 13.0. The van der Waals surface area contributed by atoms with E-state index in [1.54, 1.807) is 17.8 Å². The van der Waals surface area contributed by atoms with Crippen LogP contribution in [-0.2, 0) is 5.75 Å². The van der Waals surface area contributed by atoms with Crippen molar-refractivity contribution in [2.24, 2.45) is 5.84 Å². The number of nitrogens with zero attached hydrogens (tertiary/aromatic N) is 2. The van der Waals surface area contributed by atoms with Gasteiger partial charge in [0.25, 0.3) is 0 Å². The minimum absolute atomic E-state index is 0.622. The van der Waals surface area contributed by atoms with Crippen LogP contribution in [0.5, 0.6) is 0 Å². The number of hydrazine groups is 1. The van der Waals surface area contributed by atoms with Crippen LogP contribution < -0.4 is 11.3 Å². The Morgan fingerprint density at radius 2 is 2.11 bits per heavy atom. The SMILES string of the molecule is Cc1cc(NN)nc(CSc2ccccc2Cl)n1. The van der Waals surface area contributed by atoms with Gasteiger partial charge in [0.1, 0.15) is 11.6 Å². The summed E-state index contributed by atoms with van der Waals surface area (Å²) in [6, 6.07) is 9.51. The Labute approximate surface area is 115 Å². The van der Waals surface area contributed by atoms with Gasteiger partial charge in [-0.25, -0.2) is 15.8 Å². The molecule has 94 valence electrons. The van der Waals surface area contributed by atoms with Crippen LogP contribution in [0, 0.1) is 6.92 Å². The van der Waals surface area contributed by atoms with Gasteiger partial charge in [0.05, 0.1) is 10.8 Å². The molecule has 0 aliphatic heterocycles. The summed E-state index contributed by atoms with van der Waals surface area (Å²) in [7, 11) is 0. The summed E-state index contributed by atoms with van der Waals surface area (Å²) in [6.07, 6.45) is 0. The molecule has 0 amide bonds. The Kier molecular flexibility index (Phi) is 4.41. The fourth-order valence-electron chi connectivity index (χ4n) is 1.47. The van der Waals surface area contributed by atoms with Crippen molar-refractivity contribution >= 4 is 29.2 Å². The predicted molar refractivity (Wildman–Crippen MR) is 75.6 cm³/mol. The number of thioether (sulfide) groups is 1. The minimum Gasteiger partial charge on any atom is -0.308 e. The van der Waals surface area contributed by atoms with E-state index in [0.29, 0.717) is 11.6 Å². The Bertz CT molecular complexity index is 547. The smallest absolute Gasteiger partial charge is 0.143 e. The lowest BCUT2D eigenvalue weighted by Gasteiger charge is -2.06. The third-order valence-electron chi connectivity index (χ3n) is 2.24. The zero-order valence-electron chi connectivity index (χ0n) is 9.85. The van der Waals surface area contributed by atoms with Crippen LogP contribution in [-0.4, -0.2) is 9.97 Å². The highest BCUT2D eigenvalue weighted by Crippen LogP contribution is 2.28. The molecule has 0 spiro atoms. The second kappa shape index (κ2) is 6.04. The van der Waals surface area contributed by atoms with Crippen molar-refractivity contribution in [3.05, 3.63) is 46.9 Å². The molecule has 0 fully saturated rings. The molecule has 1 aromatic heterocycles. The van der Waals surface area contributed by atoms with Gasteiger partial charge in [-0.3, -0.25) is 0 Å². The van der Waals surface area contributed by atoms with Gasteiger partial charge in [-0.1, -0.05) is 23.7 Å². The minimum atomic E-state index is 0.622. The van der Waals surface area contributed by atoms with E-state index in [1.165, 1.54) is 0 Å². The van der Waals surface area contributed by atoms with E-state index >= 15 is 0 Å². The average molecular weight is 281 g/mol. The van der Waals surface area contributed by atoms with Crippen molar-refractivity contribution in [1.82, 2.24) is 9.97 Å². The number of aromatic nitrogens is 2. The quantitative estimate of drug-likeness (QED) is 0.512. The number of anilines is 1. The fourth-order valence-corrected chi connectivity index (χ4v) is 2.57. The van der Waals surface area contributed by atoms with Crippen LogP contribution in [0.1, 0.15) is 11.5 Å². The van der Waals surface area contributed by atoms with Gasteiger partial charge in [-0.15, -0.1) is 11.8 Å². The molecular weight excluding hydrogens is 268 g/mol. The third kappa shape index (κ3) is 3.35. The lowest BCUT2D eigenvalue weighted by molar-refractivity contribution is 0.990. The maximum absolute atomic E-state index is 6.09. The third-order valence-corrected chi connectivity index (χ3v) is 3.75. The fraction of sp³-hybridized carbons (Fsp3) is 0.167. The molecule has 6 heteroatoms. The molecule has 2 rings (SSSR count). The van der Waals surface area contributed by atoms with Gasteiger partial charge < -0.3 is 5.43 Å². The Hall–Kier alpha value is -1.30. The van der Waals surface area contributed by atoms with Crippen LogP contribution in [0.3, 0.4) is 0 Å². The van der Waals surface area contributed by atoms with Crippen molar-refractivity contribution in [2.75, 3.05) is 5.43 Å². The van der Waals surface area contributed by atoms with Crippen LogP contribution in [0.4, 0.5) is 5.82 Å². The number of aryl methyl sites for hydroxylation is 1. The lowest BCUT2D eigenvalue weighted by Crippen LogP contribution is -2.10. The molecule has 0 aliphatic carbocycles. The van der Waals surface area contributed by atoms with E-state index in [1.807, 2.05) is 31.2 Å². The van der Waals surface area contributed by atoms with E-state index < -0.39 is 0 Å². The molecule has 4 nitrogen and oxygen atoms in total. The molecule has 0 aliphatic rings. The van der Waals surface area contributed by atoms with E-state index in [-0.39, 0.29) is 0 Å². The second-order valence-corrected chi connectivity index (χ2v) is 5.10. The summed E-state index contributed by atoms with van der Waals surface area (Å²) in [5, 5.41) is 0.743. The van der Waals surface area contributed by atoms with Crippen molar-refractivity contribution in [1.29, 1.82) is 0 Å². The van der Waals surface area contributed by atoms with Crippen LogP contribution in [0.2, 0.25) is 5.02 Å². The zero-order valence-corrected chi connectivity index (χ0v) is 11.4. The highest BCUT2D eigenvalue weighted by atomic mass is 35.5. The van der Waals surface area contributed by atoms with Crippen LogP contribution >= 0.6 is 23.4 Å². The van der Waals surface area contributed by atoms with Gasteiger partial charge in [0.2, 0.25) is 0 Å². The Morgan fingerprint density at radius 1 is 1.33 bits per heavy atom. The monoisotopic (exact) mass is 280 g/mol. The van der Waals surface area contributed by atoms with Gasteiger partial charge in [-0.05, 0) is 19.1 Å². The number of rotatable bonds is 4. The average Bonchev–Trinajstić information content (AvgIpc) is 2.37. The Balaban J connectivity index is 2.11. The molecule has 0 atom stereocenters. The van der Waals surface area contributed by atoms with Crippen molar-refractivity contribution in [2.45, 2.75) is 17.6 Å². The van der Waals surface area contributed by atoms with Gasteiger partial charge in [-0.2, -0.15) is 0 Å². The standard InChI is InChI=1S/C12H13ClN4S/c1-8-6-11(17-14)16-12(15-8)7-18-10-5-3-2-4-9(10)13/h2-6H,7,14H2,1H3,(H,15,16,17). The lowest BCUT2D eigenvalue weighted by atomic mass is 10.4. The summed E-state index contributed by atoms with van der Waals surface area (Å²) in [6.45, 7) is 1.91. The number of benzene rings is 1. The van der Waals surface area contributed by atoms with E-state index in [2.05, 4.69) is 15.4 Å². The summed E-state index contributed by atoms with van der Waals surface area (Å²) < 4.78 is 0. The first-order valence-corrected chi connectivity index (χ1v) is 6.74. The molecular formula is C12H13ClN4S. The molecule has 0 radical (unpaired) electrons. The normalized spacial score (nSPS) is 10.4. The number of nitrogens with two attached hydrogens (primary N) is 1. The van der Waals surface area contributed by atoms with Gasteiger partial charge >= 0.3 is 0 Å². The molecule has 0 saturated carbocycles. The first-order chi connectivity index (χ1) is 8.69. The van der Waals surface area contributed by atoms with E-state index in [0.717, 1.165) is 21.4 Å². The highest BCUT2D eigenvalue weighted by molar-refractivity contribution is 7.98. The molecule has 1 heterocycles. The van der Waals surface area contributed by atoms with E-state index in [9.17, 15) is 0 Å². The molecule has 18 heavy (non-hydrogen) atoms. The topological polar surface area (TPSA) is 63.8 Å². The molecule has 0 bridgehead atoms. The van der Waals surface area contributed by atoms with Gasteiger partial charge in [0, 0.05) is 16.7 Å². The second-order valence-electron chi connectivity index (χ2n) is 3.67. The summed E-state index contributed by atoms with van der Waals surface area (Å²) in [5.74, 6) is 7.36. The number of nitrogen functional groups attached to an aromatic ring is 1. The highest BCUT2D eigenvalue weighted by Gasteiger charge is 2.04. The summed E-state index contributed by atoms with van der Waals surface area (Å²) in [5.41, 5.74) is 3.41. The summed E-state index contributed by atoms with van der Waals surface area (Å²) >= 11 is 7.69. The maximum atomic E-state index is 6.09. The summed E-state index contributed by atoms with van der Waals surface area (Å²) in [4.78, 5) is 9.66. The number of nitrogens with one attached hydrogen (secondary N) is 1. The first-order valence-electron chi connectivity index (χ1n) is 5.37. The first kappa shape index (κ1) is 13.1. The predicted octanol–water partition coefficient (Wildman–Crippen LogP) is 3.02. The van der Waals surface area contributed by atoms with Crippen molar-refractivity contribution < 1.29 is 0 Å².